The van der Waals surface area contributed by atoms with Gasteiger partial charge in [-0.15, -0.1) is 0 Å². The van der Waals surface area contributed by atoms with Crippen LogP contribution in [0.4, 0.5) is 0 Å². The molecule has 0 aromatic heterocycles. The summed E-state index contributed by atoms with van der Waals surface area (Å²) in [6.45, 7) is 13.5. The summed E-state index contributed by atoms with van der Waals surface area (Å²) < 4.78 is 1.58. The molecule has 0 fully saturated rings. The first-order chi connectivity index (χ1) is 18.0. The van der Waals surface area contributed by atoms with Crippen LogP contribution in [0.1, 0.15) is 133 Å². The summed E-state index contributed by atoms with van der Waals surface area (Å²) in [5.41, 5.74) is 24.6. The highest BCUT2D eigenvalue weighted by Crippen LogP contribution is 2.45. The lowest BCUT2D eigenvalue weighted by atomic mass is 9.90. The van der Waals surface area contributed by atoms with Crippen molar-refractivity contribution in [1.29, 1.82) is 0 Å². The fourth-order valence-electron chi connectivity index (χ4n) is 5.68. The van der Waals surface area contributed by atoms with Gasteiger partial charge < -0.3 is 5.53 Å². The smallest absolute Gasteiger partial charge is 0.211 e. The van der Waals surface area contributed by atoms with E-state index in [1.165, 1.54) is 83.1 Å². The van der Waals surface area contributed by atoms with E-state index >= 15 is 0 Å². The van der Waals surface area contributed by atoms with E-state index in [1.807, 2.05) is 0 Å². The summed E-state index contributed by atoms with van der Waals surface area (Å²) in [5, 5.41) is 0. The average molecular weight is 499 g/mol. The molecule has 0 radical (unpaired) electrons. The van der Waals surface area contributed by atoms with Gasteiger partial charge in [-0.3, -0.25) is 0 Å². The molecule has 0 spiro atoms. The van der Waals surface area contributed by atoms with Crippen LogP contribution < -0.4 is 0 Å². The first kappa shape index (κ1) is 29.1. The fraction of sp³-hybridized carbons (Fsp3) is 0.543. The number of hydrogen-bond donors (Lipinski definition) is 0. The Morgan fingerprint density at radius 1 is 0.486 bits per heavy atom. The number of rotatable bonds is 15. The van der Waals surface area contributed by atoms with Crippen molar-refractivity contribution in [2.75, 3.05) is 0 Å². The summed E-state index contributed by atoms with van der Waals surface area (Å²) in [4.78, 5) is 0. The Kier molecular flexibility index (Phi) is 11.4. The second-order valence-corrected chi connectivity index (χ2v) is 10.7. The molecule has 1 aliphatic rings. The molecule has 2 aromatic carbocycles. The van der Waals surface area contributed by atoms with Crippen LogP contribution in [0.2, 0.25) is 0 Å². The SMILES string of the molecule is CCCCCCC1=C(c2cc(CC)cc(CC)c2)[N+](=[N-])C(c2cc(CC)cc(CC)c2)=C1CCCCC. The van der Waals surface area contributed by atoms with E-state index in [0.29, 0.717) is 0 Å². The van der Waals surface area contributed by atoms with E-state index in [1.54, 1.807) is 4.70 Å². The third-order valence-electron chi connectivity index (χ3n) is 7.96. The van der Waals surface area contributed by atoms with Crippen LogP contribution >= 0.6 is 0 Å². The van der Waals surface area contributed by atoms with Gasteiger partial charge in [-0.25, -0.2) is 4.70 Å². The Hall–Kier alpha value is -2.48. The van der Waals surface area contributed by atoms with E-state index in [9.17, 15) is 5.53 Å². The molecule has 0 N–H and O–H groups in total. The van der Waals surface area contributed by atoms with E-state index in [2.05, 4.69) is 77.9 Å². The second kappa shape index (κ2) is 14.5. The molecule has 0 bridgehead atoms. The molecule has 0 unspecified atom stereocenters. The van der Waals surface area contributed by atoms with Gasteiger partial charge in [0.05, 0.1) is 0 Å². The standard InChI is InChI=1S/C35H50N2/c1-7-13-15-17-19-33-32(18-16-14-8-2)34(30-22-26(9-3)20-27(10-4)23-30)37(36)35(33)31-24-28(11-5)21-29(12-6)25-31/h20-25H,7-19H2,1-6H3. The molecule has 3 rings (SSSR count). The van der Waals surface area contributed by atoms with Crippen LogP contribution in [0.15, 0.2) is 47.5 Å². The Bertz CT molecular complexity index is 1090. The number of benzene rings is 2. The van der Waals surface area contributed by atoms with Crippen LogP contribution in [-0.2, 0) is 25.7 Å². The van der Waals surface area contributed by atoms with Gasteiger partial charge in [-0.05, 0) is 97.9 Å². The fourth-order valence-corrected chi connectivity index (χ4v) is 5.68. The van der Waals surface area contributed by atoms with Crippen LogP contribution in [0.25, 0.3) is 16.9 Å². The summed E-state index contributed by atoms with van der Waals surface area (Å²) in [7, 11) is 0. The molecule has 2 nitrogen and oxygen atoms in total. The molecule has 2 heteroatoms. The number of nitrogens with zero attached hydrogens (tertiary/aromatic N) is 2. The number of aryl methyl sites for hydroxylation is 4. The normalized spacial score (nSPS) is 13.8. The van der Waals surface area contributed by atoms with Crippen molar-refractivity contribution >= 4 is 11.4 Å². The van der Waals surface area contributed by atoms with Crippen LogP contribution in [0, 0.1) is 0 Å². The Morgan fingerprint density at radius 3 is 1.19 bits per heavy atom. The minimum atomic E-state index is 1.01. The van der Waals surface area contributed by atoms with E-state index in [4.69, 9.17) is 0 Å². The summed E-state index contributed by atoms with van der Waals surface area (Å²) >= 11 is 0. The minimum absolute atomic E-state index is 1.01. The Labute approximate surface area is 227 Å². The number of allylic oxidation sites excluding steroid dienone is 2. The predicted molar refractivity (Wildman–Crippen MR) is 161 cm³/mol. The lowest BCUT2D eigenvalue weighted by Crippen LogP contribution is -2.05. The number of hydrogen-bond acceptors (Lipinski definition) is 0. The largest absolute Gasteiger partial charge is 0.493 e. The molecule has 200 valence electrons. The van der Waals surface area contributed by atoms with E-state index < -0.39 is 0 Å². The molecular weight excluding hydrogens is 448 g/mol. The zero-order chi connectivity index (χ0) is 26.8. The first-order valence-corrected chi connectivity index (χ1v) is 15.2. The third kappa shape index (κ3) is 7.09. The van der Waals surface area contributed by atoms with Crippen LogP contribution in [0.3, 0.4) is 0 Å². The molecule has 1 aliphatic heterocycles. The van der Waals surface area contributed by atoms with E-state index in [-0.39, 0.29) is 0 Å². The van der Waals surface area contributed by atoms with Crippen molar-refractivity contribution in [3.05, 3.63) is 86.5 Å². The summed E-state index contributed by atoms with van der Waals surface area (Å²) in [5.74, 6) is 0. The van der Waals surface area contributed by atoms with Crippen molar-refractivity contribution < 1.29 is 4.70 Å². The average Bonchev–Trinajstić information content (AvgIpc) is 3.21. The molecule has 0 aliphatic carbocycles. The van der Waals surface area contributed by atoms with Gasteiger partial charge in [-0.1, -0.05) is 85.8 Å². The predicted octanol–water partition coefficient (Wildman–Crippen LogP) is 10.7. The maximum atomic E-state index is 12.0. The van der Waals surface area contributed by atoms with Gasteiger partial charge in [0.2, 0.25) is 11.4 Å². The Morgan fingerprint density at radius 2 is 0.838 bits per heavy atom. The lowest BCUT2D eigenvalue weighted by molar-refractivity contribution is -0.345. The molecule has 2 aromatic rings. The molecule has 0 atom stereocenters. The van der Waals surface area contributed by atoms with Crippen molar-refractivity contribution in [2.24, 2.45) is 0 Å². The van der Waals surface area contributed by atoms with Gasteiger partial charge in [0.15, 0.2) is 0 Å². The molecule has 0 amide bonds. The topological polar surface area (TPSA) is 25.3 Å². The third-order valence-corrected chi connectivity index (χ3v) is 7.96. The van der Waals surface area contributed by atoms with Gasteiger partial charge in [-0.2, -0.15) is 0 Å². The van der Waals surface area contributed by atoms with Crippen molar-refractivity contribution in [2.45, 2.75) is 125 Å². The van der Waals surface area contributed by atoms with Crippen LogP contribution in [0.5, 0.6) is 0 Å². The monoisotopic (exact) mass is 498 g/mol. The Balaban J connectivity index is 2.22. The second-order valence-electron chi connectivity index (χ2n) is 10.7. The summed E-state index contributed by atoms with van der Waals surface area (Å²) in [6.07, 6.45) is 14.6. The molecular formula is C35H50N2. The van der Waals surface area contributed by atoms with Crippen molar-refractivity contribution in [1.82, 2.24) is 0 Å². The van der Waals surface area contributed by atoms with Gasteiger partial charge in [0.25, 0.3) is 0 Å². The minimum Gasteiger partial charge on any atom is -0.493 e. The highest BCUT2D eigenvalue weighted by Gasteiger charge is 2.35. The van der Waals surface area contributed by atoms with E-state index in [0.717, 1.165) is 56.3 Å². The molecule has 0 saturated heterocycles. The van der Waals surface area contributed by atoms with Gasteiger partial charge >= 0.3 is 0 Å². The number of unbranched alkanes of at least 4 members (excludes halogenated alkanes) is 5. The lowest BCUT2D eigenvalue weighted by Gasteiger charge is -2.13. The maximum absolute atomic E-state index is 12.0. The zero-order valence-corrected chi connectivity index (χ0v) is 24.6. The molecule has 0 saturated carbocycles. The van der Waals surface area contributed by atoms with Crippen LogP contribution in [-0.4, -0.2) is 4.70 Å². The highest BCUT2D eigenvalue weighted by molar-refractivity contribution is 5.82. The van der Waals surface area contributed by atoms with Crippen molar-refractivity contribution in [3.63, 3.8) is 0 Å². The van der Waals surface area contributed by atoms with Crippen molar-refractivity contribution in [3.8, 4) is 0 Å². The van der Waals surface area contributed by atoms with Gasteiger partial charge in [0.1, 0.15) is 0 Å². The van der Waals surface area contributed by atoms with Gasteiger partial charge in [0, 0.05) is 22.3 Å². The zero-order valence-electron chi connectivity index (χ0n) is 24.6. The molecule has 37 heavy (non-hydrogen) atoms. The quantitative estimate of drug-likeness (QED) is 0.172. The maximum Gasteiger partial charge on any atom is 0.211 e. The molecule has 1 heterocycles. The highest BCUT2D eigenvalue weighted by atomic mass is 15.2. The summed E-state index contributed by atoms with van der Waals surface area (Å²) in [6, 6.07) is 13.9. The first-order valence-electron chi connectivity index (χ1n) is 15.2.